The number of carbonyl (C=O) groups excluding carboxylic acids is 2. The number of aryl methyl sites for hydroxylation is 3. The number of hydrogen-bond acceptors (Lipinski definition) is 4. The summed E-state index contributed by atoms with van der Waals surface area (Å²) < 4.78 is 26.7. The summed E-state index contributed by atoms with van der Waals surface area (Å²) in [7, 11) is -3.56. The Hall–Kier alpha value is -3.65. The SMILES string of the molecule is Cc1ccc(N(CCCC(=O)N(Cc2ccccc2C)[C@@H](Cc2ccccc2)C(=O)NC(C)C)S(C)(=O)=O)cc1C. The molecule has 1 atom stereocenters. The van der Waals surface area contributed by atoms with Gasteiger partial charge < -0.3 is 10.2 Å². The van der Waals surface area contributed by atoms with E-state index in [9.17, 15) is 18.0 Å². The third kappa shape index (κ3) is 9.18. The van der Waals surface area contributed by atoms with Gasteiger partial charge in [0.2, 0.25) is 21.8 Å². The first-order valence-corrected chi connectivity index (χ1v) is 15.9. The van der Waals surface area contributed by atoms with E-state index in [0.29, 0.717) is 18.5 Å². The largest absolute Gasteiger partial charge is 0.352 e. The number of carbonyl (C=O) groups is 2. The van der Waals surface area contributed by atoms with Crippen molar-refractivity contribution in [2.75, 3.05) is 17.1 Å². The van der Waals surface area contributed by atoms with E-state index < -0.39 is 16.1 Å². The summed E-state index contributed by atoms with van der Waals surface area (Å²) in [6, 6.07) is 22.3. The second-order valence-corrected chi connectivity index (χ2v) is 12.9. The Morgan fingerprint density at radius 1 is 0.854 bits per heavy atom. The number of nitrogens with one attached hydrogen (secondary N) is 1. The molecule has 3 aromatic rings. The molecule has 1 N–H and O–H groups in total. The van der Waals surface area contributed by atoms with E-state index in [2.05, 4.69) is 5.32 Å². The fourth-order valence-electron chi connectivity index (χ4n) is 4.79. The highest BCUT2D eigenvalue weighted by Gasteiger charge is 2.31. The van der Waals surface area contributed by atoms with E-state index in [1.165, 1.54) is 10.6 Å². The third-order valence-corrected chi connectivity index (χ3v) is 8.43. The predicted octanol–water partition coefficient (Wildman–Crippen LogP) is 5.32. The van der Waals surface area contributed by atoms with Crippen LogP contribution in [0.15, 0.2) is 72.8 Å². The lowest BCUT2D eigenvalue weighted by Gasteiger charge is -2.33. The van der Waals surface area contributed by atoms with Crippen LogP contribution in [0.1, 0.15) is 54.5 Å². The van der Waals surface area contributed by atoms with Crippen LogP contribution in [-0.2, 0) is 32.6 Å². The van der Waals surface area contributed by atoms with Gasteiger partial charge in [0.1, 0.15) is 6.04 Å². The molecule has 0 radical (unpaired) electrons. The molecule has 0 aliphatic rings. The fraction of sp³-hybridized carbons (Fsp3) is 0.394. The first-order chi connectivity index (χ1) is 19.4. The quantitative estimate of drug-likeness (QED) is 0.298. The molecule has 0 aromatic heterocycles. The van der Waals surface area contributed by atoms with Crippen LogP contribution in [0.25, 0.3) is 0 Å². The van der Waals surface area contributed by atoms with Gasteiger partial charge >= 0.3 is 0 Å². The van der Waals surface area contributed by atoms with Crippen molar-refractivity contribution in [3.05, 3.63) is 101 Å². The van der Waals surface area contributed by atoms with Crippen LogP contribution in [0, 0.1) is 20.8 Å². The molecule has 0 aliphatic heterocycles. The zero-order valence-electron chi connectivity index (χ0n) is 25.1. The molecule has 0 aliphatic carbocycles. The van der Waals surface area contributed by atoms with Gasteiger partial charge in [-0.1, -0.05) is 60.7 Å². The van der Waals surface area contributed by atoms with Crippen molar-refractivity contribution in [2.24, 2.45) is 0 Å². The van der Waals surface area contributed by atoms with E-state index in [-0.39, 0.29) is 37.4 Å². The summed E-state index contributed by atoms with van der Waals surface area (Å²) >= 11 is 0. The topological polar surface area (TPSA) is 86.8 Å². The van der Waals surface area contributed by atoms with Crippen molar-refractivity contribution in [1.29, 1.82) is 0 Å². The number of hydrogen-bond donors (Lipinski definition) is 1. The summed E-state index contributed by atoms with van der Waals surface area (Å²) in [6.07, 6.45) is 1.96. The maximum absolute atomic E-state index is 13.9. The van der Waals surface area contributed by atoms with Gasteiger partial charge in [-0.25, -0.2) is 8.42 Å². The first-order valence-electron chi connectivity index (χ1n) is 14.1. The fourth-order valence-corrected chi connectivity index (χ4v) is 5.75. The van der Waals surface area contributed by atoms with E-state index in [0.717, 1.165) is 27.8 Å². The zero-order valence-corrected chi connectivity index (χ0v) is 25.9. The Balaban J connectivity index is 1.89. The highest BCUT2D eigenvalue weighted by Crippen LogP contribution is 2.23. The van der Waals surface area contributed by atoms with Crippen LogP contribution in [0.3, 0.4) is 0 Å². The molecule has 7 nitrogen and oxygen atoms in total. The van der Waals surface area contributed by atoms with Gasteiger partial charge in [0.05, 0.1) is 11.9 Å². The van der Waals surface area contributed by atoms with Crippen molar-refractivity contribution >= 4 is 27.5 Å². The normalized spacial score (nSPS) is 12.2. The number of anilines is 1. The maximum Gasteiger partial charge on any atom is 0.243 e. The second kappa shape index (κ2) is 14.3. The van der Waals surface area contributed by atoms with E-state index in [1.54, 1.807) is 11.0 Å². The lowest BCUT2D eigenvalue weighted by molar-refractivity contribution is -0.141. The molecule has 0 heterocycles. The lowest BCUT2D eigenvalue weighted by Crippen LogP contribution is -2.52. The van der Waals surface area contributed by atoms with Crippen molar-refractivity contribution in [2.45, 2.75) is 72.5 Å². The minimum Gasteiger partial charge on any atom is -0.352 e. The highest BCUT2D eigenvalue weighted by molar-refractivity contribution is 7.92. The predicted molar refractivity (Wildman–Crippen MR) is 166 cm³/mol. The summed E-state index contributed by atoms with van der Waals surface area (Å²) in [4.78, 5) is 29.1. The molecule has 8 heteroatoms. The monoisotopic (exact) mass is 577 g/mol. The van der Waals surface area contributed by atoms with Gasteiger partial charge in [-0.3, -0.25) is 13.9 Å². The number of amides is 2. The highest BCUT2D eigenvalue weighted by atomic mass is 32.2. The molecule has 0 unspecified atom stereocenters. The van der Waals surface area contributed by atoms with Gasteiger partial charge in [-0.2, -0.15) is 0 Å². The minimum absolute atomic E-state index is 0.0857. The molecule has 3 aromatic carbocycles. The maximum atomic E-state index is 13.9. The Morgan fingerprint density at radius 3 is 2.12 bits per heavy atom. The number of sulfonamides is 1. The van der Waals surface area contributed by atoms with E-state index in [4.69, 9.17) is 0 Å². The van der Waals surface area contributed by atoms with E-state index in [1.807, 2.05) is 101 Å². The van der Waals surface area contributed by atoms with Crippen LogP contribution >= 0.6 is 0 Å². The average Bonchev–Trinajstić information content (AvgIpc) is 2.90. The van der Waals surface area contributed by atoms with Crippen molar-refractivity contribution in [3.63, 3.8) is 0 Å². The van der Waals surface area contributed by atoms with Crippen LogP contribution < -0.4 is 9.62 Å². The zero-order chi connectivity index (χ0) is 30.2. The molecule has 41 heavy (non-hydrogen) atoms. The summed E-state index contributed by atoms with van der Waals surface area (Å²) in [6.45, 7) is 10.2. The average molecular weight is 578 g/mol. The minimum atomic E-state index is -3.56. The van der Waals surface area contributed by atoms with Crippen molar-refractivity contribution < 1.29 is 18.0 Å². The number of rotatable bonds is 13. The molecule has 3 rings (SSSR count). The Morgan fingerprint density at radius 2 is 1.51 bits per heavy atom. The first kappa shape index (κ1) is 31.9. The summed E-state index contributed by atoms with van der Waals surface area (Å²) in [5.74, 6) is -0.402. The molecular formula is C33H43N3O4S. The molecule has 0 spiro atoms. The van der Waals surface area contributed by atoms with Crippen LogP contribution in [-0.4, -0.2) is 50.0 Å². The molecular weight excluding hydrogens is 534 g/mol. The molecule has 0 bridgehead atoms. The lowest BCUT2D eigenvalue weighted by atomic mass is 10.0. The molecule has 0 fully saturated rings. The van der Waals surface area contributed by atoms with E-state index >= 15 is 0 Å². The van der Waals surface area contributed by atoms with Gasteiger partial charge in [0, 0.05) is 32.0 Å². The van der Waals surface area contributed by atoms with Crippen molar-refractivity contribution in [1.82, 2.24) is 10.2 Å². The van der Waals surface area contributed by atoms with Gasteiger partial charge in [-0.05, 0) is 81.0 Å². The summed E-state index contributed by atoms with van der Waals surface area (Å²) in [5, 5.41) is 3.00. The Kier molecular flexibility index (Phi) is 11.1. The Bertz CT molecular complexity index is 1440. The van der Waals surface area contributed by atoms with Crippen molar-refractivity contribution in [3.8, 4) is 0 Å². The molecule has 220 valence electrons. The van der Waals surface area contributed by atoms with Gasteiger partial charge in [0.25, 0.3) is 0 Å². The van der Waals surface area contributed by atoms with Crippen LogP contribution in [0.4, 0.5) is 5.69 Å². The third-order valence-electron chi connectivity index (χ3n) is 7.23. The molecule has 2 amide bonds. The van der Waals surface area contributed by atoms with Crippen LogP contribution in [0.2, 0.25) is 0 Å². The molecule has 0 saturated carbocycles. The van der Waals surface area contributed by atoms with Gasteiger partial charge in [0.15, 0.2) is 0 Å². The molecule has 0 saturated heterocycles. The Labute approximate surface area is 245 Å². The van der Waals surface area contributed by atoms with Crippen LogP contribution in [0.5, 0.6) is 0 Å². The number of benzene rings is 3. The van der Waals surface area contributed by atoms with Gasteiger partial charge in [-0.15, -0.1) is 0 Å². The number of nitrogens with zero attached hydrogens (tertiary/aromatic N) is 2. The smallest absolute Gasteiger partial charge is 0.243 e. The second-order valence-electron chi connectivity index (χ2n) is 11.0. The summed E-state index contributed by atoms with van der Waals surface area (Å²) in [5.41, 5.74) is 5.61. The standard InChI is InChI=1S/C33H43N3O4S/c1-24(2)34-33(38)31(22-28-14-8-7-9-15-28)35(23-29-16-11-10-13-26(29)4)32(37)17-12-20-36(41(6,39)40)30-19-18-25(3)27(5)21-30/h7-11,13-16,18-19,21,24,31H,12,17,20,22-23H2,1-6H3,(H,34,38)/t31-/m0/s1.